The van der Waals surface area contributed by atoms with Gasteiger partial charge in [0.25, 0.3) is 11.1 Å². The summed E-state index contributed by atoms with van der Waals surface area (Å²) >= 11 is 4.23. The van der Waals surface area contributed by atoms with Gasteiger partial charge in [-0.25, -0.2) is 4.79 Å². The van der Waals surface area contributed by atoms with Crippen LogP contribution in [-0.2, 0) is 16.2 Å². The number of carbonyl (C=O) groups excluding carboxylic acids is 3. The molecule has 0 saturated carbocycles. The molecule has 4 rings (SSSR count). The largest absolute Gasteiger partial charge is 0.497 e. The van der Waals surface area contributed by atoms with Crippen molar-refractivity contribution in [1.82, 2.24) is 4.90 Å². The van der Waals surface area contributed by atoms with Gasteiger partial charge in [0.2, 0.25) is 5.91 Å². The van der Waals surface area contributed by atoms with E-state index in [4.69, 9.17) is 19.3 Å². The number of hydrogen-bond acceptors (Lipinski definition) is 8. The lowest BCUT2D eigenvalue weighted by atomic mass is 10.1. The predicted molar refractivity (Wildman–Crippen MR) is 157 cm³/mol. The van der Waals surface area contributed by atoms with Crippen LogP contribution in [0.5, 0.6) is 17.2 Å². The van der Waals surface area contributed by atoms with Crippen LogP contribution in [0.3, 0.4) is 0 Å². The van der Waals surface area contributed by atoms with E-state index in [0.717, 1.165) is 22.2 Å². The second kappa shape index (κ2) is 13.4. The Morgan fingerprint density at radius 3 is 2.39 bits per heavy atom. The van der Waals surface area contributed by atoms with E-state index in [0.29, 0.717) is 39.6 Å². The number of ether oxygens (including phenoxy) is 3. The van der Waals surface area contributed by atoms with Crippen LogP contribution in [0.15, 0.2) is 70.0 Å². The molecule has 1 saturated heterocycles. The molecule has 212 valence electrons. The third-order valence-electron chi connectivity index (χ3n) is 5.76. The van der Waals surface area contributed by atoms with Crippen LogP contribution in [0, 0.1) is 0 Å². The molecular weight excluding hydrogens is 616 g/mol. The summed E-state index contributed by atoms with van der Waals surface area (Å²) in [5.41, 5.74) is 2.02. The molecule has 0 atom stereocenters. The molecule has 0 spiro atoms. The van der Waals surface area contributed by atoms with E-state index in [1.54, 1.807) is 54.6 Å². The molecule has 3 amide bonds. The number of carboxylic acid groups (broad SMARTS) is 1. The molecule has 0 aromatic heterocycles. The summed E-state index contributed by atoms with van der Waals surface area (Å²) in [7, 11) is 1.53. The van der Waals surface area contributed by atoms with Crippen molar-refractivity contribution in [3.63, 3.8) is 0 Å². The van der Waals surface area contributed by atoms with Crippen LogP contribution >= 0.6 is 27.7 Å². The first-order chi connectivity index (χ1) is 19.7. The second-order valence-corrected chi connectivity index (χ2v) is 10.4. The molecule has 3 aromatic carbocycles. The van der Waals surface area contributed by atoms with Gasteiger partial charge in [-0.2, -0.15) is 0 Å². The van der Waals surface area contributed by atoms with Crippen molar-refractivity contribution < 1.29 is 38.5 Å². The summed E-state index contributed by atoms with van der Waals surface area (Å²) in [6.45, 7) is 1.90. The maximum atomic E-state index is 13.0. The fourth-order valence-electron chi connectivity index (χ4n) is 3.78. The molecule has 12 heteroatoms. The van der Waals surface area contributed by atoms with Crippen molar-refractivity contribution in [2.24, 2.45) is 0 Å². The third kappa shape index (κ3) is 7.47. The highest BCUT2D eigenvalue weighted by Gasteiger charge is 2.36. The van der Waals surface area contributed by atoms with Crippen LogP contribution in [0.25, 0.3) is 6.08 Å². The molecule has 10 nitrogen and oxygen atoms in total. The minimum absolute atomic E-state index is 0.161. The highest BCUT2D eigenvalue weighted by molar-refractivity contribution is 9.10. The number of anilines is 1. The molecule has 1 fully saturated rings. The third-order valence-corrected chi connectivity index (χ3v) is 7.26. The molecule has 0 unspecified atom stereocenters. The van der Waals surface area contributed by atoms with E-state index in [2.05, 4.69) is 21.2 Å². The summed E-state index contributed by atoms with van der Waals surface area (Å²) in [4.78, 5) is 50.2. The zero-order valence-corrected chi connectivity index (χ0v) is 24.4. The first-order valence-electron chi connectivity index (χ1n) is 12.3. The van der Waals surface area contributed by atoms with E-state index in [-0.39, 0.29) is 17.1 Å². The quantitative estimate of drug-likeness (QED) is 0.249. The number of carbonyl (C=O) groups is 4. The number of methoxy groups -OCH3 is 1. The Morgan fingerprint density at radius 1 is 1.05 bits per heavy atom. The minimum atomic E-state index is -1.01. The maximum Gasteiger partial charge on any atom is 0.335 e. The Labute approximate surface area is 248 Å². The minimum Gasteiger partial charge on any atom is -0.497 e. The van der Waals surface area contributed by atoms with Crippen LogP contribution < -0.4 is 19.5 Å². The molecule has 0 aliphatic carbocycles. The Kier molecular flexibility index (Phi) is 9.69. The molecule has 0 radical (unpaired) electrons. The Bertz CT molecular complexity index is 1510. The number of aromatic carboxylic acids is 1. The number of benzene rings is 3. The lowest BCUT2D eigenvalue weighted by molar-refractivity contribution is -0.127. The standard InChI is InChI=1S/C29H25BrN2O8S/c1-3-39-23-13-18(12-22(30)26(23)40-16-17-4-6-19(7-5-17)28(35)36)14-24-27(34)32(29(37)41-24)15-25(33)31-20-8-10-21(38-2)11-9-20/h4-14H,3,15-16H2,1-2H3,(H,31,33)(H,35,36)/b24-14+. The summed E-state index contributed by atoms with van der Waals surface area (Å²) < 4.78 is 17.4. The molecule has 2 N–H and O–H groups in total. The van der Waals surface area contributed by atoms with Crippen molar-refractivity contribution in [2.75, 3.05) is 25.6 Å². The summed E-state index contributed by atoms with van der Waals surface area (Å²) in [5.74, 6) is -0.638. The van der Waals surface area contributed by atoms with Gasteiger partial charge in [0, 0.05) is 5.69 Å². The van der Waals surface area contributed by atoms with Crippen molar-refractivity contribution in [3.8, 4) is 17.2 Å². The van der Waals surface area contributed by atoms with Gasteiger partial charge in [-0.05, 0) is 100 Å². The first-order valence-corrected chi connectivity index (χ1v) is 13.9. The highest BCUT2D eigenvalue weighted by atomic mass is 79.9. The van der Waals surface area contributed by atoms with Crippen molar-refractivity contribution in [2.45, 2.75) is 13.5 Å². The number of hydrogen-bond donors (Lipinski definition) is 2. The lowest BCUT2D eigenvalue weighted by Crippen LogP contribution is -2.36. The lowest BCUT2D eigenvalue weighted by Gasteiger charge is -2.15. The highest BCUT2D eigenvalue weighted by Crippen LogP contribution is 2.39. The maximum absolute atomic E-state index is 13.0. The van der Waals surface area contributed by atoms with Gasteiger partial charge in [-0.15, -0.1) is 0 Å². The summed E-state index contributed by atoms with van der Waals surface area (Å²) in [6, 6.07) is 16.4. The van der Waals surface area contributed by atoms with E-state index in [1.807, 2.05) is 6.92 Å². The summed E-state index contributed by atoms with van der Waals surface area (Å²) in [5, 5.41) is 11.2. The van der Waals surface area contributed by atoms with Crippen molar-refractivity contribution in [1.29, 1.82) is 0 Å². The Balaban J connectivity index is 1.46. The van der Waals surface area contributed by atoms with Crippen LogP contribution in [0.2, 0.25) is 0 Å². The Morgan fingerprint density at radius 2 is 1.76 bits per heavy atom. The smallest absolute Gasteiger partial charge is 0.335 e. The molecule has 0 bridgehead atoms. The van der Waals surface area contributed by atoms with E-state index >= 15 is 0 Å². The van der Waals surface area contributed by atoms with Gasteiger partial charge in [-0.1, -0.05) is 12.1 Å². The average molecular weight is 641 g/mol. The average Bonchev–Trinajstić information content (AvgIpc) is 3.20. The van der Waals surface area contributed by atoms with Gasteiger partial charge in [-0.3, -0.25) is 19.3 Å². The van der Waals surface area contributed by atoms with Crippen molar-refractivity contribution in [3.05, 3.63) is 86.7 Å². The predicted octanol–water partition coefficient (Wildman–Crippen LogP) is 5.81. The van der Waals surface area contributed by atoms with Gasteiger partial charge in [0.1, 0.15) is 18.9 Å². The fraction of sp³-hybridized carbons (Fsp3) is 0.172. The molecule has 1 aliphatic rings. The normalized spacial score (nSPS) is 13.8. The molecular formula is C29H25BrN2O8S. The zero-order valence-electron chi connectivity index (χ0n) is 22.0. The molecule has 1 heterocycles. The monoisotopic (exact) mass is 640 g/mol. The first kappa shape index (κ1) is 29.7. The number of nitrogens with zero attached hydrogens (tertiary/aromatic N) is 1. The van der Waals surface area contributed by atoms with Gasteiger partial charge in [0.05, 0.1) is 28.7 Å². The van der Waals surface area contributed by atoms with Gasteiger partial charge >= 0.3 is 5.97 Å². The van der Waals surface area contributed by atoms with Gasteiger partial charge in [0.15, 0.2) is 11.5 Å². The molecule has 1 aliphatic heterocycles. The fourth-order valence-corrected chi connectivity index (χ4v) is 5.19. The Hall–Kier alpha value is -4.29. The number of imide groups is 1. The van der Waals surface area contributed by atoms with Crippen LogP contribution in [-0.4, -0.2) is 53.3 Å². The van der Waals surface area contributed by atoms with Crippen LogP contribution in [0.4, 0.5) is 10.5 Å². The van der Waals surface area contributed by atoms with Gasteiger partial charge < -0.3 is 24.6 Å². The molecule has 3 aromatic rings. The topological polar surface area (TPSA) is 131 Å². The zero-order chi connectivity index (χ0) is 29.5. The number of nitrogens with one attached hydrogen (secondary N) is 1. The van der Waals surface area contributed by atoms with E-state index in [1.165, 1.54) is 19.2 Å². The van der Waals surface area contributed by atoms with E-state index < -0.39 is 29.6 Å². The number of halogens is 1. The number of thioether (sulfide) groups is 1. The second-order valence-electron chi connectivity index (χ2n) is 8.60. The van der Waals surface area contributed by atoms with Crippen LogP contribution in [0.1, 0.15) is 28.4 Å². The SMILES string of the molecule is CCOc1cc(/C=C2/SC(=O)N(CC(=O)Nc3ccc(OC)cc3)C2=O)cc(Br)c1OCc1ccc(C(=O)O)cc1. The van der Waals surface area contributed by atoms with Crippen molar-refractivity contribution >= 4 is 62.5 Å². The van der Waals surface area contributed by atoms with E-state index in [9.17, 15) is 19.2 Å². The number of rotatable bonds is 11. The molecule has 41 heavy (non-hydrogen) atoms. The summed E-state index contributed by atoms with van der Waals surface area (Å²) in [6.07, 6.45) is 1.55. The number of amides is 3. The number of carboxylic acids is 1.